The van der Waals surface area contributed by atoms with Crippen molar-refractivity contribution in [3.05, 3.63) is 58.5 Å². The Hall–Kier alpha value is -1.81. The third-order valence-corrected chi connectivity index (χ3v) is 3.13. The van der Waals surface area contributed by atoms with Gasteiger partial charge >= 0.3 is 0 Å². The lowest BCUT2D eigenvalue weighted by Crippen LogP contribution is -2.37. The van der Waals surface area contributed by atoms with Crippen LogP contribution in [0.4, 0.5) is 0 Å². The molecule has 0 saturated carbocycles. The molecule has 0 spiro atoms. The minimum Gasteiger partial charge on any atom is -0.348 e. The van der Waals surface area contributed by atoms with Crippen LogP contribution in [0, 0.1) is 0 Å². The summed E-state index contributed by atoms with van der Waals surface area (Å²) in [4.78, 5) is 2.87. The Kier molecular flexibility index (Phi) is 5.62. The molecule has 0 N–H and O–H groups in total. The van der Waals surface area contributed by atoms with Crippen LogP contribution in [-0.2, 0) is 9.47 Å². The van der Waals surface area contributed by atoms with Crippen LogP contribution in [0.1, 0.15) is 31.6 Å². The predicted molar refractivity (Wildman–Crippen MR) is 77.0 cm³/mol. The Labute approximate surface area is 118 Å². The van der Waals surface area contributed by atoms with Crippen LogP contribution in [0.15, 0.2) is 47.6 Å². The molecule has 20 heavy (non-hydrogen) atoms. The zero-order chi connectivity index (χ0) is 14.2. The van der Waals surface area contributed by atoms with E-state index in [1.54, 1.807) is 0 Å². The van der Waals surface area contributed by atoms with Gasteiger partial charge in [0.05, 0.1) is 18.8 Å². The Morgan fingerprint density at radius 1 is 1.40 bits per heavy atom. The third-order valence-electron chi connectivity index (χ3n) is 3.13. The smallest absolute Gasteiger partial charge is 0.184 e. The molecule has 0 radical (unpaired) electrons. The van der Waals surface area contributed by atoms with E-state index in [0.717, 1.165) is 18.4 Å². The van der Waals surface area contributed by atoms with Gasteiger partial charge in [0.2, 0.25) is 0 Å². The number of azide groups is 1. The molecule has 3 atom stereocenters. The van der Waals surface area contributed by atoms with E-state index in [0.29, 0.717) is 6.61 Å². The first-order valence-electron chi connectivity index (χ1n) is 6.88. The standard InChI is InChI=1S/C15H19N3O2/c1-2-3-5-10-14-13(17-18-16)11-19-15(20-14)12-8-6-4-7-9-12/h4-10,13-15H,2-3,11H2,1H3/t13-,14+,15?/m0/s1. The van der Waals surface area contributed by atoms with Gasteiger partial charge in [-0.2, -0.15) is 0 Å². The van der Waals surface area contributed by atoms with E-state index in [1.807, 2.05) is 36.4 Å². The second kappa shape index (κ2) is 7.70. The van der Waals surface area contributed by atoms with E-state index in [9.17, 15) is 0 Å². The number of unbranched alkanes of at least 4 members (excludes halogenated alkanes) is 1. The second-order valence-electron chi connectivity index (χ2n) is 4.67. The highest BCUT2D eigenvalue weighted by Gasteiger charge is 2.30. The molecule has 1 aliphatic heterocycles. The van der Waals surface area contributed by atoms with Gasteiger partial charge in [-0.05, 0) is 12.0 Å². The highest BCUT2D eigenvalue weighted by atomic mass is 16.7. The van der Waals surface area contributed by atoms with E-state index >= 15 is 0 Å². The van der Waals surface area contributed by atoms with Gasteiger partial charge in [-0.15, -0.1) is 0 Å². The van der Waals surface area contributed by atoms with Crippen LogP contribution in [0.3, 0.4) is 0 Å². The predicted octanol–water partition coefficient (Wildman–Crippen LogP) is 4.14. The van der Waals surface area contributed by atoms with Gasteiger partial charge in [0, 0.05) is 10.5 Å². The van der Waals surface area contributed by atoms with Crippen molar-refractivity contribution in [1.29, 1.82) is 0 Å². The Morgan fingerprint density at radius 3 is 2.90 bits per heavy atom. The Morgan fingerprint density at radius 2 is 2.20 bits per heavy atom. The first kappa shape index (κ1) is 14.6. The van der Waals surface area contributed by atoms with E-state index < -0.39 is 6.29 Å². The molecular weight excluding hydrogens is 254 g/mol. The average molecular weight is 273 g/mol. The molecule has 1 heterocycles. The number of ether oxygens (including phenoxy) is 2. The molecule has 1 unspecified atom stereocenters. The molecule has 1 aromatic rings. The fourth-order valence-corrected chi connectivity index (χ4v) is 2.07. The number of benzene rings is 1. The Bertz CT molecular complexity index is 483. The van der Waals surface area contributed by atoms with Crippen molar-refractivity contribution in [2.45, 2.75) is 38.2 Å². The minimum absolute atomic E-state index is 0.239. The molecule has 1 aromatic carbocycles. The number of allylic oxidation sites excluding steroid dienone is 1. The van der Waals surface area contributed by atoms with E-state index in [2.05, 4.69) is 23.0 Å². The van der Waals surface area contributed by atoms with Gasteiger partial charge in [-0.25, -0.2) is 0 Å². The van der Waals surface area contributed by atoms with E-state index in [-0.39, 0.29) is 12.1 Å². The van der Waals surface area contributed by atoms with Crippen LogP contribution in [0.2, 0.25) is 0 Å². The number of nitrogens with zero attached hydrogens (tertiary/aromatic N) is 3. The highest BCUT2D eigenvalue weighted by molar-refractivity contribution is 5.17. The normalized spacial score (nSPS) is 26.4. The largest absolute Gasteiger partial charge is 0.348 e. The summed E-state index contributed by atoms with van der Waals surface area (Å²) in [6.07, 6.45) is 5.46. The zero-order valence-electron chi connectivity index (χ0n) is 11.6. The average Bonchev–Trinajstić information content (AvgIpc) is 2.50. The maximum Gasteiger partial charge on any atom is 0.184 e. The maximum atomic E-state index is 8.61. The summed E-state index contributed by atoms with van der Waals surface area (Å²) in [5.74, 6) is 0. The fourth-order valence-electron chi connectivity index (χ4n) is 2.07. The van der Waals surface area contributed by atoms with Crippen molar-refractivity contribution >= 4 is 0 Å². The van der Waals surface area contributed by atoms with Crippen molar-refractivity contribution in [3.8, 4) is 0 Å². The SMILES string of the molecule is CCCC=C[C@H]1OC(c2ccccc2)OC[C@@H]1N=[N+]=[N-]. The number of hydrogen-bond donors (Lipinski definition) is 0. The highest BCUT2D eigenvalue weighted by Crippen LogP contribution is 2.28. The lowest BCUT2D eigenvalue weighted by atomic mass is 10.1. The van der Waals surface area contributed by atoms with Crippen molar-refractivity contribution in [3.63, 3.8) is 0 Å². The molecule has 0 bridgehead atoms. The van der Waals surface area contributed by atoms with E-state index in [1.165, 1.54) is 0 Å². The van der Waals surface area contributed by atoms with E-state index in [4.69, 9.17) is 15.0 Å². The van der Waals surface area contributed by atoms with Gasteiger partial charge in [0.25, 0.3) is 0 Å². The second-order valence-corrected chi connectivity index (χ2v) is 4.67. The number of hydrogen-bond acceptors (Lipinski definition) is 3. The first-order chi connectivity index (χ1) is 9.85. The molecule has 1 aliphatic rings. The molecule has 106 valence electrons. The van der Waals surface area contributed by atoms with Crippen molar-refractivity contribution < 1.29 is 9.47 Å². The monoisotopic (exact) mass is 273 g/mol. The van der Waals surface area contributed by atoms with Crippen LogP contribution in [-0.4, -0.2) is 18.8 Å². The molecule has 1 fully saturated rings. The summed E-state index contributed by atoms with van der Waals surface area (Å²) in [5.41, 5.74) is 9.59. The molecule has 5 nitrogen and oxygen atoms in total. The maximum absolute atomic E-state index is 8.61. The fraction of sp³-hybridized carbons (Fsp3) is 0.467. The van der Waals surface area contributed by atoms with Crippen molar-refractivity contribution in [2.75, 3.05) is 6.61 Å². The lowest BCUT2D eigenvalue weighted by Gasteiger charge is -2.33. The van der Waals surface area contributed by atoms with Crippen LogP contribution in [0.25, 0.3) is 10.4 Å². The van der Waals surface area contributed by atoms with Gasteiger partial charge < -0.3 is 9.47 Å². The topological polar surface area (TPSA) is 67.2 Å². The molecule has 5 heteroatoms. The molecule has 2 rings (SSSR count). The molecule has 0 aliphatic carbocycles. The summed E-state index contributed by atoms with van der Waals surface area (Å²) in [6, 6.07) is 9.46. The summed E-state index contributed by atoms with van der Waals surface area (Å²) < 4.78 is 11.6. The van der Waals surface area contributed by atoms with Crippen molar-refractivity contribution in [1.82, 2.24) is 0 Å². The summed E-state index contributed by atoms with van der Waals surface area (Å²) >= 11 is 0. The summed E-state index contributed by atoms with van der Waals surface area (Å²) in [7, 11) is 0. The zero-order valence-corrected chi connectivity index (χ0v) is 11.6. The third kappa shape index (κ3) is 3.84. The molecule has 1 saturated heterocycles. The van der Waals surface area contributed by atoms with Gasteiger partial charge in [0.15, 0.2) is 6.29 Å². The molecule has 0 amide bonds. The van der Waals surface area contributed by atoms with Gasteiger partial charge in [-0.1, -0.05) is 60.9 Å². The van der Waals surface area contributed by atoms with Crippen LogP contribution >= 0.6 is 0 Å². The minimum atomic E-state index is -0.405. The van der Waals surface area contributed by atoms with Crippen LogP contribution in [0.5, 0.6) is 0 Å². The number of rotatable bonds is 5. The van der Waals surface area contributed by atoms with Crippen molar-refractivity contribution in [2.24, 2.45) is 5.11 Å². The Balaban J connectivity index is 2.09. The van der Waals surface area contributed by atoms with Gasteiger partial charge in [-0.3, -0.25) is 0 Å². The lowest BCUT2D eigenvalue weighted by molar-refractivity contribution is -0.212. The molecular formula is C15H19N3O2. The van der Waals surface area contributed by atoms with Crippen LogP contribution < -0.4 is 0 Å². The summed E-state index contributed by atoms with van der Waals surface area (Å²) in [6.45, 7) is 2.48. The first-order valence-corrected chi connectivity index (χ1v) is 6.88. The van der Waals surface area contributed by atoms with Gasteiger partial charge in [0.1, 0.15) is 0 Å². The summed E-state index contributed by atoms with van der Waals surface area (Å²) in [5, 5.41) is 3.75. The molecule has 0 aromatic heterocycles. The quantitative estimate of drug-likeness (QED) is 0.350.